The largest absolute Gasteiger partial charge is 0.389 e. The highest BCUT2D eigenvalue weighted by Gasteiger charge is 2.02. The third kappa shape index (κ3) is 9.26. The van der Waals surface area contributed by atoms with Gasteiger partial charge in [-0.15, -0.1) is 0 Å². The number of nitrogens with two attached hydrogens (primary N) is 1. The first-order valence-electron chi connectivity index (χ1n) is 4.41. The molecule has 0 aromatic carbocycles. The molecular formula is C8H18N2O3. The van der Waals surface area contributed by atoms with Crippen LogP contribution in [0.5, 0.6) is 0 Å². The maximum Gasteiger partial charge on any atom is 0.218 e. The van der Waals surface area contributed by atoms with E-state index < -0.39 is 6.10 Å². The lowest BCUT2D eigenvalue weighted by Gasteiger charge is -2.10. The molecule has 1 atom stereocenters. The normalized spacial score (nSPS) is 12.8. The van der Waals surface area contributed by atoms with Crippen molar-refractivity contribution in [3.05, 3.63) is 0 Å². The van der Waals surface area contributed by atoms with E-state index in [4.69, 9.17) is 10.5 Å². The molecule has 0 saturated carbocycles. The fourth-order valence-corrected chi connectivity index (χ4v) is 0.793. The van der Waals surface area contributed by atoms with E-state index in [2.05, 4.69) is 5.32 Å². The number of primary amides is 1. The molecule has 0 rings (SSSR count). The summed E-state index contributed by atoms with van der Waals surface area (Å²) in [7, 11) is 0. The monoisotopic (exact) mass is 190 g/mol. The Bertz CT molecular complexity index is 141. The zero-order valence-electron chi connectivity index (χ0n) is 7.95. The summed E-state index contributed by atoms with van der Waals surface area (Å²) >= 11 is 0. The molecule has 0 aliphatic heterocycles. The molecule has 0 radical (unpaired) electrons. The number of hydrogen-bond acceptors (Lipinski definition) is 4. The summed E-state index contributed by atoms with van der Waals surface area (Å²) in [5.41, 5.74) is 4.92. The lowest BCUT2D eigenvalue weighted by atomic mass is 10.3. The van der Waals surface area contributed by atoms with Crippen LogP contribution in [0, 0.1) is 0 Å². The number of aliphatic hydroxyl groups excluding tert-OH is 1. The fourth-order valence-electron chi connectivity index (χ4n) is 0.793. The highest BCUT2D eigenvalue weighted by atomic mass is 16.5. The SMILES string of the molecule is CCOCC(O)CNCCC(N)=O. The lowest BCUT2D eigenvalue weighted by molar-refractivity contribution is -0.117. The van der Waals surface area contributed by atoms with E-state index in [1.54, 1.807) is 0 Å². The molecule has 13 heavy (non-hydrogen) atoms. The number of nitrogens with one attached hydrogen (secondary N) is 1. The molecule has 78 valence electrons. The maximum absolute atomic E-state index is 10.3. The number of carbonyl (C=O) groups excluding carboxylic acids is 1. The Balaban J connectivity index is 3.16. The highest BCUT2D eigenvalue weighted by molar-refractivity contribution is 5.73. The predicted octanol–water partition coefficient (Wildman–Crippen LogP) is -1.15. The van der Waals surface area contributed by atoms with Gasteiger partial charge in [-0.3, -0.25) is 4.79 Å². The summed E-state index contributed by atoms with van der Waals surface area (Å²) in [6, 6.07) is 0. The first-order valence-corrected chi connectivity index (χ1v) is 4.41. The van der Waals surface area contributed by atoms with Crippen LogP contribution >= 0.6 is 0 Å². The topological polar surface area (TPSA) is 84.6 Å². The molecule has 0 fully saturated rings. The number of ether oxygens (including phenoxy) is 1. The van der Waals surface area contributed by atoms with Crippen LogP contribution in [0.2, 0.25) is 0 Å². The first kappa shape index (κ1) is 12.3. The van der Waals surface area contributed by atoms with Crippen LogP contribution in [0.15, 0.2) is 0 Å². The van der Waals surface area contributed by atoms with Crippen LogP contribution in [-0.2, 0) is 9.53 Å². The molecule has 0 aliphatic rings. The molecule has 0 aromatic rings. The Labute approximate surface area is 78.3 Å². The molecule has 5 nitrogen and oxygen atoms in total. The summed E-state index contributed by atoms with van der Waals surface area (Å²) in [6.45, 7) is 3.71. The molecule has 0 bridgehead atoms. The Hall–Kier alpha value is -0.650. The van der Waals surface area contributed by atoms with Crippen molar-refractivity contribution in [3.8, 4) is 0 Å². The summed E-state index contributed by atoms with van der Waals surface area (Å²) in [5, 5.41) is 12.1. The molecule has 0 aliphatic carbocycles. The van der Waals surface area contributed by atoms with Gasteiger partial charge in [0.1, 0.15) is 0 Å². The number of aliphatic hydroxyl groups is 1. The van der Waals surface area contributed by atoms with Crippen LogP contribution in [0.3, 0.4) is 0 Å². The Morgan fingerprint density at radius 1 is 1.69 bits per heavy atom. The van der Waals surface area contributed by atoms with Gasteiger partial charge in [0.2, 0.25) is 5.91 Å². The summed E-state index contributed by atoms with van der Waals surface area (Å²) in [4.78, 5) is 10.3. The van der Waals surface area contributed by atoms with Gasteiger partial charge in [-0.2, -0.15) is 0 Å². The third-order valence-corrected chi connectivity index (χ3v) is 1.44. The van der Waals surface area contributed by atoms with Gasteiger partial charge < -0.3 is 20.9 Å². The minimum absolute atomic E-state index is 0.293. The standard InChI is InChI=1S/C8H18N2O3/c1-2-13-6-7(11)5-10-4-3-8(9)12/h7,10-11H,2-6H2,1H3,(H2,9,12). The average Bonchev–Trinajstić information content (AvgIpc) is 2.08. The van der Waals surface area contributed by atoms with E-state index in [0.29, 0.717) is 32.7 Å². The summed E-state index contributed by atoms with van der Waals surface area (Å²) in [5.74, 6) is -0.341. The van der Waals surface area contributed by atoms with E-state index in [-0.39, 0.29) is 5.91 Å². The van der Waals surface area contributed by atoms with Crippen LogP contribution < -0.4 is 11.1 Å². The minimum Gasteiger partial charge on any atom is -0.389 e. The quantitative estimate of drug-likeness (QED) is 0.422. The van der Waals surface area contributed by atoms with Crippen molar-refractivity contribution >= 4 is 5.91 Å². The molecule has 0 aromatic heterocycles. The van der Waals surface area contributed by atoms with Crippen molar-refractivity contribution in [2.45, 2.75) is 19.4 Å². The van der Waals surface area contributed by atoms with Crippen molar-refractivity contribution in [1.29, 1.82) is 0 Å². The molecule has 4 N–H and O–H groups in total. The van der Waals surface area contributed by atoms with Crippen LogP contribution in [0.25, 0.3) is 0 Å². The van der Waals surface area contributed by atoms with Crippen LogP contribution in [0.1, 0.15) is 13.3 Å². The molecule has 0 saturated heterocycles. The van der Waals surface area contributed by atoms with Crippen molar-refractivity contribution in [1.82, 2.24) is 5.32 Å². The van der Waals surface area contributed by atoms with Gasteiger partial charge in [0.15, 0.2) is 0 Å². The second kappa shape index (κ2) is 7.97. The zero-order chi connectivity index (χ0) is 10.1. The summed E-state index contributed by atoms with van der Waals surface area (Å²) in [6.07, 6.45) is -0.228. The molecule has 0 heterocycles. The number of amides is 1. The van der Waals surface area contributed by atoms with Gasteiger partial charge in [0.25, 0.3) is 0 Å². The minimum atomic E-state index is -0.521. The van der Waals surface area contributed by atoms with Gasteiger partial charge in [-0.1, -0.05) is 0 Å². The maximum atomic E-state index is 10.3. The second-order valence-corrected chi connectivity index (χ2v) is 2.73. The Morgan fingerprint density at radius 3 is 2.92 bits per heavy atom. The number of hydrogen-bond donors (Lipinski definition) is 3. The van der Waals surface area contributed by atoms with Crippen LogP contribution in [0.4, 0.5) is 0 Å². The lowest BCUT2D eigenvalue weighted by Crippen LogP contribution is -2.32. The van der Waals surface area contributed by atoms with E-state index in [9.17, 15) is 9.90 Å². The van der Waals surface area contributed by atoms with E-state index in [0.717, 1.165) is 0 Å². The van der Waals surface area contributed by atoms with Crippen LogP contribution in [-0.4, -0.2) is 43.4 Å². The molecule has 1 amide bonds. The van der Waals surface area contributed by atoms with Crippen molar-refractivity contribution in [2.24, 2.45) is 5.73 Å². The molecule has 1 unspecified atom stereocenters. The van der Waals surface area contributed by atoms with Gasteiger partial charge >= 0.3 is 0 Å². The van der Waals surface area contributed by atoms with Crippen molar-refractivity contribution in [2.75, 3.05) is 26.3 Å². The van der Waals surface area contributed by atoms with E-state index in [1.165, 1.54) is 0 Å². The van der Waals surface area contributed by atoms with E-state index in [1.807, 2.05) is 6.92 Å². The predicted molar refractivity (Wildman–Crippen MR) is 49.2 cm³/mol. The van der Waals surface area contributed by atoms with Crippen molar-refractivity contribution < 1.29 is 14.6 Å². The Morgan fingerprint density at radius 2 is 2.38 bits per heavy atom. The summed E-state index contributed by atoms with van der Waals surface area (Å²) < 4.78 is 4.99. The second-order valence-electron chi connectivity index (χ2n) is 2.73. The highest BCUT2D eigenvalue weighted by Crippen LogP contribution is 1.83. The van der Waals surface area contributed by atoms with Gasteiger partial charge in [0, 0.05) is 26.1 Å². The Kier molecular flexibility index (Phi) is 7.57. The zero-order valence-corrected chi connectivity index (χ0v) is 7.95. The van der Waals surface area contributed by atoms with Gasteiger partial charge in [-0.05, 0) is 6.92 Å². The van der Waals surface area contributed by atoms with Gasteiger partial charge in [-0.25, -0.2) is 0 Å². The number of carbonyl (C=O) groups is 1. The first-order chi connectivity index (χ1) is 6.16. The number of rotatable bonds is 8. The fraction of sp³-hybridized carbons (Fsp3) is 0.875. The third-order valence-electron chi connectivity index (χ3n) is 1.44. The molecular weight excluding hydrogens is 172 g/mol. The van der Waals surface area contributed by atoms with Gasteiger partial charge in [0.05, 0.1) is 12.7 Å². The average molecular weight is 190 g/mol. The van der Waals surface area contributed by atoms with Crippen molar-refractivity contribution in [3.63, 3.8) is 0 Å². The molecule has 0 spiro atoms. The molecule has 5 heteroatoms. The van der Waals surface area contributed by atoms with E-state index >= 15 is 0 Å². The smallest absolute Gasteiger partial charge is 0.218 e.